The summed E-state index contributed by atoms with van der Waals surface area (Å²) < 4.78 is 0. The molecule has 0 aliphatic heterocycles. The maximum Gasteiger partial charge on any atom is 0.101 e. The van der Waals surface area contributed by atoms with Gasteiger partial charge in [-0.25, -0.2) is 0 Å². The molecule has 0 spiro atoms. The van der Waals surface area contributed by atoms with E-state index in [1.807, 2.05) is 0 Å². The van der Waals surface area contributed by atoms with E-state index < -0.39 is 0 Å². The zero-order valence-corrected chi connectivity index (χ0v) is 16.4. The molecule has 0 fully saturated rings. The lowest BCUT2D eigenvalue weighted by Crippen LogP contribution is -2.18. The van der Waals surface area contributed by atoms with Crippen molar-refractivity contribution >= 4 is 21.7 Å². The molecule has 2 nitrogen and oxygen atoms in total. The predicted molar refractivity (Wildman–Crippen MR) is 113 cm³/mol. The molecule has 0 saturated heterocycles. The predicted octanol–water partition coefficient (Wildman–Crippen LogP) is 6.41. The highest BCUT2D eigenvalue weighted by Crippen LogP contribution is 2.51. The van der Waals surface area contributed by atoms with Crippen molar-refractivity contribution in [3.63, 3.8) is 0 Å². The van der Waals surface area contributed by atoms with E-state index in [2.05, 4.69) is 88.4 Å². The molecule has 0 amide bonds. The number of hydrogen-bond acceptors (Lipinski definition) is 2. The SMILES string of the molecule is CC1(C)CC(C)(C)c2c1nnc1c2cc(-c2ccccc2)c2ccccc21. The van der Waals surface area contributed by atoms with Gasteiger partial charge in [0.25, 0.3) is 0 Å². The maximum absolute atomic E-state index is 4.74. The van der Waals surface area contributed by atoms with Crippen molar-refractivity contribution in [2.75, 3.05) is 0 Å². The normalized spacial score (nSPS) is 17.3. The van der Waals surface area contributed by atoms with Gasteiger partial charge in [0.15, 0.2) is 0 Å². The number of nitrogens with zero attached hydrogens (tertiary/aromatic N) is 2. The summed E-state index contributed by atoms with van der Waals surface area (Å²) in [4.78, 5) is 0. The number of rotatable bonds is 1. The Morgan fingerprint density at radius 2 is 1.37 bits per heavy atom. The van der Waals surface area contributed by atoms with Crippen LogP contribution in [0.25, 0.3) is 32.8 Å². The summed E-state index contributed by atoms with van der Waals surface area (Å²) in [7, 11) is 0. The largest absolute Gasteiger partial charge is 0.154 e. The Morgan fingerprint density at radius 1 is 0.704 bits per heavy atom. The first kappa shape index (κ1) is 16.4. The molecule has 4 aromatic rings. The van der Waals surface area contributed by atoms with Gasteiger partial charge in [-0.2, -0.15) is 5.10 Å². The van der Waals surface area contributed by atoms with Crippen LogP contribution in [0.1, 0.15) is 45.4 Å². The van der Waals surface area contributed by atoms with Crippen LogP contribution >= 0.6 is 0 Å². The highest BCUT2D eigenvalue weighted by molar-refractivity contribution is 6.13. The monoisotopic (exact) mass is 352 g/mol. The molecule has 5 rings (SSSR count). The Hall–Kier alpha value is -2.74. The lowest BCUT2D eigenvalue weighted by Gasteiger charge is -2.22. The van der Waals surface area contributed by atoms with E-state index in [4.69, 9.17) is 10.2 Å². The van der Waals surface area contributed by atoms with Crippen LogP contribution < -0.4 is 0 Å². The van der Waals surface area contributed by atoms with Crippen LogP contribution in [-0.4, -0.2) is 10.2 Å². The number of hydrogen-bond donors (Lipinski definition) is 0. The lowest BCUT2D eigenvalue weighted by molar-refractivity contribution is 0.399. The fourth-order valence-corrected chi connectivity index (χ4v) is 5.23. The maximum atomic E-state index is 4.74. The van der Waals surface area contributed by atoms with Gasteiger partial charge in [0.1, 0.15) is 5.52 Å². The zero-order chi connectivity index (χ0) is 18.8. The third kappa shape index (κ3) is 2.32. The molecule has 0 atom stereocenters. The number of fused-ring (bicyclic) bond motifs is 5. The summed E-state index contributed by atoms with van der Waals surface area (Å²) in [5, 5.41) is 13.1. The molecular formula is C25H24N2. The van der Waals surface area contributed by atoms with Crippen molar-refractivity contribution in [3.05, 3.63) is 71.9 Å². The van der Waals surface area contributed by atoms with Crippen LogP contribution in [0.4, 0.5) is 0 Å². The van der Waals surface area contributed by atoms with Gasteiger partial charge in [0.2, 0.25) is 0 Å². The Morgan fingerprint density at radius 3 is 2.11 bits per heavy atom. The fraction of sp³-hybridized carbons (Fsp3) is 0.280. The van der Waals surface area contributed by atoms with Gasteiger partial charge < -0.3 is 0 Å². The highest BCUT2D eigenvalue weighted by Gasteiger charge is 2.44. The van der Waals surface area contributed by atoms with Gasteiger partial charge in [-0.15, -0.1) is 5.10 Å². The minimum Gasteiger partial charge on any atom is -0.154 e. The Bertz CT molecular complexity index is 1190. The summed E-state index contributed by atoms with van der Waals surface area (Å²) in [6.45, 7) is 9.28. The van der Waals surface area contributed by atoms with Crippen LogP contribution in [0.15, 0.2) is 60.7 Å². The Kier molecular flexibility index (Phi) is 3.28. The molecule has 0 N–H and O–H groups in total. The number of aromatic nitrogens is 2. The highest BCUT2D eigenvalue weighted by atomic mass is 15.1. The van der Waals surface area contributed by atoms with Crippen molar-refractivity contribution in [2.45, 2.75) is 44.9 Å². The minimum absolute atomic E-state index is 0.0541. The van der Waals surface area contributed by atoms with Crippen molar-refractivity contribution in [1.82, 2.24) is 10.2 Å². The Labute approximate surface area is 160 Å². The van der Waals surface area contributed by atoms with Gasteiger partial charge in [-0.05, 0) is 40.0 Å². The number of benzene rings is 3. The van der Waals surface area contributed by atoms with Crippen molar-refractivity contribution < 1.29 is 0 Å². The second-order valence-corrected chi connectivity index (χ2v) is 9.10. The van der Waals surface area contributed by atoms with Gasteiger partial charge in [-0.1, -0.05) is 82.3 Å². The summed E-state index contributed by atoms with van der Waals surface area (Å²) in [6.07, 6.45) is 1.09. The van der Waals surface area contributed by atoms with E-state index in [0.29, 0.717) is 0 Å². The van der Waals surface area contributed by atoms with E-state index in [0.717, 1.165) is 17.6 Å². The van der Waals surface area contributed by atoms with Crippen LogP contribution in [-0.2, 0) is 10.8 Å². The molecule has 2 heteroatoms. The summed E-state index contributed by atoms with van der Waals surface area (Å²) in [6, 6.07) is 21.6. The third-order valence-corrected chi connectivity index (χ3v) is 6.06. The lowest BCUT2D eigenvalue weighted by atomic mass is 9.81. The molecule has 1 aliphatic carbocycles. The minimum atomic E-state index is 0.0541. The zero-order valence-electron chi connectivity index (χ0n) is 16.4. The molecular weight excluding hydrogens is 328 g/mol. The first-order valence-corrected chi connectivity index (χ1v) is 9.67. The van der Waals surface area contributed by atoms with E-state index in [9.17, 15) is 0 Å². The van der Waals surface area contributed by atoms with E-state index >= 15 is 0 Å². The molecule has 0 radical (unpaired) electrons. The van der Waals surface area contributed by atoms with Gasteiger partial charge in [0, 0.05) is 16.2 Å². The van der Waals surface area contributed by atoms with Crippen molar-refractivity contribution in [1.29, 1.82) is 0 Å². The molecule has 134 valence electrons. The van der Waals surface area contributed by atoms with Gasteiger partial charge in [-0.3, -0.25) is 0 Å². The second kappa shape index (κ2) is 5.39. The average Bonchev–Trinajstić information content (AvgIpc) is 2.85. The standard InChI is InChI=1S/C25H24N2/c1-24(2)15-25(3,4)23-21(24)20-14-19(16-10-6-5-7-11-16)17-12-8-9-13-18(17)22(20)26-27-23/h5-14H,15H2,1-4H3. The van der Waals surface area contributed by atoms with Gasteiger partial charge in [0.05, 0.1) is 5.69 Å². The third-order valence-electron chi connectivity index (χ3n) is 6.06. The van der Waals surface area contributed by atoms with E-state index in [1.165, 1.54) is 32.8 Å². The van der Waals surface area contributed by atoms with Gasteiger partial charge >= 0.3 is 0 Å². The summed E-state index contributed by atoms with van der Waals surface area (Å²) in [5.74, 6) is 0. The van der Waals surface area contributed by atoms with Crippen LogP contribution in [0, 0.1) is 0 Å². The topological polar surface area (TPSA) is 25.8 Å². The van der Waals surface area contributed by atoms with Crippen LogP contribution in [0.5, 0.6) is 0 Å². The Balaban J connectivity index is 1.98. The van der Waals surface area contributed by atoms with E-state index in [-0.39, 0.29) is 10.8 Å². The smallest absolute Gasteiger partial charge is 0.101 e. The molecule has 1 heterocycles. The molecule has 27 heavy (non-hydrogen) atoms. The quantitative estimate of drug-likeness (QED) is 0.370. The van der Waals surface area contributed by atoms with Crippen molar-refractivity contribution in [2.24, 2.45) is 0 Å². The molecule has 0 bridgehead atoms. The summed E-state index contributed by atoms with van der Waals surface area (Å²) in [5.41, 5.74) is 6.22. The fourth-order valence-electron chi connectivity index (χ4n) is 5.23. The first-order chi connectivity index (χ1) is 12.9. The molecule has 0 unspecified atom stereocenters. The molecule has 3 aromatic carbocycles. The van der Waals surface area contributed by atoms with Crippen molar-refractivity contribution in [3.8, 4) is 11.1 Å². The first-order valence-electron chi connectivity index (χ1n) is 9.67. The molecule has 1 aliphatic rings. The van der Waals surface area contributed by atoms with Crippen LogP contribution in [0.3, 0.4) is 0 Å². The molecule has 0 saturated carbocycles. The summed E-state index contributed by atoms with van der Waals surface area (Å²) >= 11 is 0. The molecule has 1 aromatic heterocycles. The second-order valence-electron chi connectivity index (χ2n) is 9.10. The van der Waals surface area contributed by atoms with E-state index in [1.54, 1.807) is 0 Å². The van der Waals surface area contributed by atoms with Crippen LogP contribution in [0.2, 0.25) is 0 Å². The average molecular weight is 352 g/mol.